The molecule has 4 aromatic carbocycles. The van der Waals surface area contributed by atoms with Crippen LogP contribution in [0.5, 0.6) is 11.5 Å². The minimum atomic E-state index is -1.11. The van der Waals surface area contributed by atoms with E-state index in [9.17, 15) is 10.2 Å². The fourth-order valence-electron chi connectivity index (χ4n) is 7.27. The SMILES string of the molecule is C1CCOC1.C1CCOC1.C[Si](C)(C)[N-][Si](C)(C)C.Cc1ccc([N-]Cc2cc(C(C)(C)C)cc(C(C)(C)C)c2[O-])cc1.Cc1ccc([N-]Cc2cc(C(C)(C)C)cc(C(C)(C)C)c2[O-])cc1.[Li+].[Li+].[Nd+3]. The molecule has 2 saturated heterocycles. The Labute approximate surface area is 488 Å². The number of benzene rings is 4. The van der Waals surface area contributed by atoms with Crippen LogP contribution in [0.15, 0.2) is 72.8 Å². The van der Waals surface area contributed by atoms with Crippen LogP contribution in [0.3, 0.4) is 0 Å². The molecule has 377 valence electrons. The van der Waals surface area contributed by atoms with Gasteiger partial charge >= 0.3 is 78.6 Å². The Kier molecular flexibility index (Phi) is 32.2. The molecule has 0 atom stereocenters. The summed E-state index contributed by atoms with van der Waals surface area (Å²) in [6.45, 7) is 48.4. The van der Waals surface area contributed by atoms with Crippen LogP contribution in [0.25, 0.3) is 15.3 Å². The van der Waals surface area contributed by atoms with Gasteiger partial charge in [-0.3, -0.25) is 0 Å². The molecule has 0 N–H and O–H groups in total. The van der Waals surface area contributed by atoms with Gasteiger partial charge in [0.15, 0.2) is 0 Å². The van der Waals surface area contributed by atoms with Crippen LogP contribution in [-0.4, -0.2) is 42.9 Å². The minimum absolute atomic E-state index is 0. The molecule has 0 unspecified atom stereocenters. The van der Waals surface area contributed by atoms with E-state index in [0.29, 0.717) is 13.1 Å². The summed E-state index contributed by atoms with van der Waals surface area (Å²) in [6, 6.07) is 24.4. The van der Waals surface area contributed by atoms with Crippen molar-refractivity contribution in [2.45, 2.75) is 197 Å². The average Bonchev–Trinajstić information content (AvgIpc) is 3.97. The maximum absolute atomic E-state index is 12.9. The van der Waals surface area contributed by atoms with Gasteiger partial charge in [0.2, 0.25) is 0 Å². The second-order valence-corrected chi connectivity index (χ2v) is 34.0. The summed E-state index contributed by atoms with van der Waals surface area (Å²) in [5, 5.41) is 35.1. The Bertz CT molecular complexity index is 1910. The summed E-state index contributed by atoms with van der Waals surface area (Å²) in [5.74, 6) is 0.262. The molecule has 6 rings (SSSR count). The standard InChI is InChI=1S/2C22H30NO.C6H18NSi2.2C4H8O.2Li.Nd/c2*1-15-8-10-18(11-9-15)23-14-16-12-17(21(2,3)4)13-19(20(16)24)22(5,6)7;1-8(2,3)7-9(4,5)6;2*1-2-4-5-3-1;;;/h2*8-13,24H,14H2,1-7H3;1-6H3;2*1-4H2;;;/q3*-1;;;2*+1;+3/p-2. The van der Waals surface area contributed by atoms with Crippen molar-refractivity contribution in [3.05, 3.63) is 133 Å². The first-order chi connectivity index (χ1) is 30.7. The van der Waals surface area contributed by atoms with Crippen LogP contribution in [0.2, 0.25) is 39.3 Å². The van der Waals surface area contributed by atoms with Crippen molar-refractivity contribution in [2.24, 2.45) is 0 Å². The molecule has 2 fully saturated rings. The predicted molar refractivity (Wildman–Crippen MR) is 293 cm³/mol. The molecule has 0 saturated carbocycles. The van der Waals surface area contributed by atoms with Crippen molar-refractivity contribution in [3.63, 3.8) is 0 Å². The zero-order valence-electron chi connectivity index (χ0n) is 48.5. The molecule has 2 heterocycles. The van der Waals surface area contributed by atoms with Crippen molar-refractivity contribution in [3.8, 4) is 11.5 Å². The van der Waals surface area contributed by atoms with E-state index in [-0.39, 0.29) is 112 Å². The number of nitrogens with zero attached hydrogens (tertiary/aromatic N) is 3. The summed E-state index contributed by atoms with van der Waals surface area (Å²) < 4.78 is 14.7. The van der Waals surface area contributed by atoms with Crippen molar-refractivity contribution in [2.75, 3.05) is 26.4 Å². The van der Waals surface area contributed by atoms with E-state index in [1.807, 2.05) is 60.7 Å². The first-order valence-electron chi connectivity index (χ1n) is 24.7. The van der Waals surface area contributed by atoms with Gasteiger partial charge in [0.05, 0.1) is 0 Å². The summed E-state index contributed by atoms with van der Waals surface area (Å²) in [5.41, 5.74) is 9.64. The van der Waals surface area contributed by atoms with Crippen LogP contribution >= 0.6 is 0 Å². The number of rotatable bonds is 8. The van der Waals surface area contributed by atoms with Gasteiger partial charge in [0.1, 0.15) is 0 Å². The fraction of sp³-hybridized carbons (Fsp3) is 0.586. The largest absolute Gasteiger partial charge is 3.00 e. The second-order valence-electron chi connectivity index (χ2n) is 24.4. The molecule has 0 bridgehead atoms. The van der Waals surface area contributed by atoms with Gasteiger partial charge in [-0.1, -0.05) is 245 Å². The van der Waals surface area contributed by atoms with Gasteiger partial charge < -0.3 is 35.0 Å². The summed E-state index contributed by atoms with van der Waals surface area (Å²) in [4.78, 5) is 0. The number of aryl methyl sites for hydroxylation is 2. The van der Waals surface area contributed by atoms with Crippen LogP contribution < -0.4 is 47.9 Å². The Morgan fingerprint density at radius 1 is 0.457 bits per heavy atom. The maximum atomic E-state index is 12.9. The van der Waals surface area contributed by atoms with Gasteiger partial charge in [-0.2, -0.15) is 0 Å². The van der Waals surface area contributed by atoms with E-state index in [0.717, 1.165) is 60.1 Å². The third-order valence-electron chi connectivity index (χ3n) is 10.9. The quantitative estimate of drug-likeness (QED) is 0.164. The Morgan fingerprint density at radius 2 is 0.729 bits per heavy atom. The first-order valence-corrected chi connectivity index (χ1v) is 31.6. The van der Waals surface area contributed by atoms with E-state index < -0.39 is 16.5 Å². The summed E-state index contributed by atoms with van der Waals surface area (Å²) in [6.07, 6.45) is 5.11. The molecule has 7 nitrogen and oxygen atoms in total. The van der Waals surface area contributed by atoms with Gasteiger partial charge in [-0.05, 0) is 72.3 Å². The molecular weight excluding hydrogens is 1020 g/mol. The molecule has 0 amide bonds. The summed E-state index contributed by atoms with van der Waals surface area (Å²) in [7, 11) is -2.21. The number of hydrogen-bond donors (Lipinski definition) is 0. The van der Waals surface area contributed by atoms with E-state index in [1.54, 1.807) is 0 Å². The molecule has 1 radical (unpaired) electrons. The summed E-state index contributed by atoms with van der Waals surface area (Å²) >= 11 is 0. The minimum Gasteiger partial charge on any atom is -0.872 e. The Hall–Kier alpha value is -1.06. The molecule has 70 heavy (non-hydrogen) atoms. The van der Waals surface area contributed by atoms with Gasteiger partial charge in [-0.25, -0.2) is 0 Å². The topological polar surface area (TPSA) is 107 Å². The number of ether oxygens (including phenoxy) is 2. The van der Waals surface area contributed by atoms with E-state index in [2.05, 4.69) is 159 Å². The second kappa shape index (κ2) is 31.7. The van der Waals surface area contributed by atoms with Crippen LogP contribution in [0.1, 0.15) is 153 Å². The van der Waals surface area contributed by atoms with Crippen LogP contribution in [-0.2, 0) is 44.2 Å². The van der Waals surface area contributed by atoms with Gasteiger partial charge in [-0.15, -0.1) is 36.0 Å². The molecule has 0 aromatic heterocycles. The zero-order chi connectivity index (χ0) is 51.0. The maximum Gasteiger partial charge on any atom is 3.00 e. The smallest absolute Gasteiger partial charge is 0.872 e. The van der Waals surface area contributed by atoms with Crippen molar-refractivity contribution < 1.29 is 98.2 Å². The molecule has 0 aliphatic carbocycles. The molecule has 2 aliphatic heterocycles. The fourth-order valence-corrected chi connectivity index (χ4v) is 15.3. The third kappa shape index (κ3) is 28.6. The first kappa shape index (κ1) is 71.0. The van der Waals surface area contributed by atoms with Crippen molar-refractivity contribution in [1.82, 2.24) is 0 Å². The molecule has 0 spiro atoms. The number of hydrogen-bond acceptors (Lipinski definition) is 4. The monoisotopic (exact) mass is 1110 g/mol. The van der Waals surface area contributed by atoms with Gasteiger partial charge in [0, 0.05) is 26.4 Å². The van der Waals surface area contributed by atoms with E-state index in [4.69, 9.17) is 14.1 Å². The Morgan fingerprint density at radius 3 is 0.914 bits per heavy atom. The van der Waals surface area contributed by atoms with Crippen molar-refractivity contribution >= 4 is 27.8 Å². The third-order valence-corrected chi connectivity index (χ3v) is 16.3. The van der Waals surface area contributed by atoms with Crippen LogP contribution in [0, 0.1) is 54.7 Å². The predicted octanol–water partition coefficient (Wildman–Crippen LogP) is 10.4. The average molecular weight is 1110 g/mol. The van der Waals surface area contributed by atoms with E-state index in [1.165, 1.54) is 47.9 Å². The molecule has 2 aliphatic rings. The van der Waals surface area contributed by atoms with Gasteiger partial charge in [0.25, 0.3) is 0 Å². The van der Waals surface area contributed by atoms with E-state index >= 15 is 0 Å². The Balaban J connectivity index is 0. The normalized spacial score (nSPS) is 13.7. The molecular formula is C58H92Li2N3NdO4Si2. The molecule has 4 aromatic rings. The van der Waals surface area contributed by atoms with Crippen LogP contribution in [0.4, 0.5) is 11.4 Å². The zero-order valence-corrected chi connectivity index (χ0v) is 53.7. The van der Waals surface area contributed by atoms with Crippen molar-refractivity contribution in [1.29, 1.82) is 0 Å². The molecule has 12 heteroatoms.